The van der Waals surface area contributed by atoms with Gasteiger partial charge in [0.05, 0.1) is 13.2 Å². The molecule has 2 nitrogen and oxygen atoms in total. The second-order valence-electron chi connectivity index (χ2n) is 10.4. The predicted octanol–water partition coefficient (Wildman–Crippen LogP) is 6.41. The highest BCUT2D eigenvalue weighted by Gasteiger charge is 2.47. The summed E-state index contributed by atoms with van der Waals surface area (Å²) in [5.74, 6) is 1.04. The molecule has 1 aromatic rings. The van der Waals surface area contributed by atoms with E-state index in [-0.39, 0.29) is 22.9 Å². The highest BCUT2D eigenvalue weighted by Crippen LogP contribution is 2.55. The molecule has 2 heteroatoms. The number of aliphatic hydroxyl groups is 1. The molecule has 0 heterocycles. The number of rotatable bonds is 9. The van der Waals surface area contributed by atoms with Crippen molar-refractivity contribution in [3.8, 4) is 5.75 Å². The van der Waals surface area contributed by atoms with Crippen molar-refractivity contribution in [3.63, 3.8) is 0 Å². The van der Waals surface area contributed by atoms with Crippen LogP contribution in [0, 0.1) is 0 Å². The minimum absolute atomic E-state index is 0.0513. The summed E-state index contributed by atoms with van der Waals surface area (Å²) >= 11 is 0. The first-order valence-electron chi connectivity index (χ1n) is 11.2. The van der Waals surface area contributed by atoms with E-state index in [4.69, 9.17) is 4.74 Å². The van der Waals surface area contributed by atoms with Crippen LogP contribution in [0.1, 0.15) is 109 Å². The third-order valence-corrected chi connectivity index (χ3v) is 7.19. The van der Waals surface area contributed by atoms with Crippen molar-refractivity contribution in [3.05, 3.63) is 28.8 Å². The molecule has 3 rings (SSSR count). The van der Waals surface area contributed by atoms with Gasteiger partial charge in [0.15, 0.2) is 0 Å². The molecule has 0 spiro atoms. The smallest absolute Gasteiger partial charge is 0.123 e. The van der Waals surface area contributed by atoms with E-state index in [1.54, 1.807) is 0 Å². The molecule has 2 aliphatic carbocycles. The molecular formula is C25H40O2. The van der Waals surface area contributed by atoms with Crippen molar-refractivity contribution >= 4 is 0 Å². The van der Waals surface area contributed by atoms with E-state index in [1.165, 1.54) is 55.2 Å². The maximum absolute atomic E-state index is 10.1. The summed E-state index contributed by atoms with van der Waals surface area (Å²) < 4.78 is 6.36. The summed E-state index contributed by atoms with van der Waals surface area (Å²) in [5, 5.41) is 10.1. The molecule has 0 radical (unpaired) electrons. The average Bonchev–Trinajstić information content (AvgIpc) is 3.43. The number of hydrogen-bond donors (Lipinski definition) is 1. The van der Waals surface area contributed by atoms with E-state index in [0.717, 1.165) is 31.6 Å². The molecular weight excluding hydrogens is 332 g/mol. The first kappa shape index (κ1) is 20.7. The number of hydrogen-bond acceptors (Lipinski definition) is 2. The van der Waals surface area contributed by atoms with E-state index >= 15 is 0 Å². The van der Waals surface area contributed by atoms with Gasteiger partial charge in [-0.25, -0.2) is 0 Å². The van der Waals surface area contributed by atoms with Gasteiger partial charge in [-0.2, -0.15) is 0 Å². The lowest BCUT2D eigenvalue weighted by Crippen LogP contribution is -2.34. The Labute approximate surface area is 166 Å². The summed E-state index contributed by atoms with van der Waals surface area (Å²) in [6.45, 7) is 12.8. The minimum Gasteiger partial charge on any atom is -0.493 e. The molecule has 1 saturated carbocycles. The lowest BCUT2D eigenvalue weighted by atomic mass is 9.62. The van der Waals surface area contributed by atoms with Crippen LogP contribution in [0.15, 0.2) is 12.1 Å². The second kappa shape index (κ2) is 7.78. The van der Waals surface area contributed by atoms with Gasteiger partial charge in [0.1, 0.15) is 5.75 Å². The van der Waals surface area contributed by atoms with Crippen LogP contribution in [-0.4, -0.2) is 18.3 Å². The first-order chi connectivity index (χ1) is 12.8. The van der Waals surface area contributed by atoms with Crippen molar-refractivity contribution in [2.45, 2.75) is 109 Å². The standard InChI is InChI=1S/C25H40O2/c1-6-7-8-9-10-15-27-22-17-20-19(16-21(22)25(18-26)13-14-25)23(2,3)11-12-24(20,4)5/h16-17,26H,6-15,18H2,1-5H3. The number of unbranched alkanes of at least 4 members (excludes halogenated alkanes) is 4. The lowest BCUT2D eigenvalue weighted by Gasteiger charge is -2.42. The molecule has 0 saturated heterocycles. The van der Waals surface area contributed by atoms with Crippen LogP contribution in [0.5, 0.6) is 5.75 Å². The third-order valence-electron chi connectivity index (χ3n) is 7.19. The largest absolute Gasteiger partial charge is 0.493 e. The molecule has 0 unspecified atom stereocenters. The summed E-state index contributed by atoms with van der Waals surface area (Å²) in [6, 6.07) is 4.75. The summed E-state index contributed by atoms with van der Waals surface area (Å²) in [7, 11) is 0. The predicted molar refractivity (Wildman–Crippen MR) is 114 cm³/mol. The Morgan fingerprint density at radius 1 is 0.815 bits per heavy atom. The molecule has 1 N–H and O–H groups in total. The third kappa shape index (κ3) is 4.21. The van der Waals surface area contributed by atoms with Crippen molar-refractivity contribution in [1.82, 2.24) is 0 Å². The van der Waals surface area contributed by atoms with Crippen molar-refractivity contribution < 1.29 is 9.84 Å². The average molecular weight is 373 g/mol. The van der Waals surface area contributed by atoms with Gasteiger partial charge in [0, 0.05) is 11.0 Å². The van der Waals surface area contributed by atoms with Crippen LogP contribution in [0.3, 0.4) is 0 Å². The zero-order valence-electron chi connectivity index (χ0n) is 18.3. The molecule has 27 heavy (non-hydrogen) atoms. The zero-order chi connectivity index (χ0) is 19.7. The van der Waals surface area contributed by atoms with Gasteiger partial charge in [0.2, 0.25) is 0 Å². The molecule has 0 amide bonds. The van der Waals surface area contributed by atoms with E-state index in [0.29, 0.717) is 0 Å². The van der Waals surface area contributed by atoms with Crippen LogP contribution >= 0.6 is 0 Å². The van der Waals surface area contributed by atoms with Gasteiger partial charge in [-0.05, 0) is 60.1 Å². The Kier molecular flexibility index (Phi) is 5.96. The van der Waals surface area contributed by atoms with Crippen molar-refractivity contribution in [2.24, 2.45) is 0 Å². The van der Waals surface area contributed by atoms with Crippen LogP contribution in [-0.2, 0) is 16.2 Å². The molecule has 0 bridgehead atoms. The van der Waals surface area contributed by atoms with Crippen LogP contribution in [0.2, 0.25) is 0 Å². The fourth-order valence-electron chi connectivity index (χ4n) is 4.68. The SMILES string of the molecule is CCCCCCCOc1cc2c(cc1C1(CO)CC1)C(C)(C)CCC2(C)C. The quantitative estimate of drug-likeness (QED) is 0.508. The highest BCUT2D eigenvalue weighted by atomic mass is 16.5. The van der Waals surface area contributed by atoms with Gasteiger partial charge in [-0.15, -0.1) is 0 Å². The molecule has 2 aliphatic rings. The molecule has 1 fully saturated rings. The minimum atomic E-state index is -0.0513. The van der Waals surface area contributed by atoms with E-state index < -0.39 is 0 Å². The van der Waals surface area contributed by atoms with Gasteiger partial charge < -0.3 is 9.84 Å². The van der Waals surface area contributed by atoms with Crippen LogP contribution in [0.4, 0.5) is 0 Å². The number of ether oxygens (including phenoxy) is 1. The topological polar surface area (TPSA) is 29.5 Å². The Morgan fingerprint density at radius 2 is 1.41 bits per heavy atom. The monoisotopic (exact) mass is 372 g/mol. The molecule has 0 atom stereocenters. The second-order valence-corrected chi connectivity index (χ2v) is 10.4. The Morgan fingerprint density at radius 3 is 1.96 bits per heavy atom. The Balaban J connectivity index is 1.89. The molecule has 0 aromatic heterocycles. The maximum atomic E-state index is 10.1. The van der Waals surface area contributed by atoms with Gasteiger partial charge in [-0.1, -0.05) is 66.4 Å². The van der Waals surface area contributed by atoms with Crippen LogP contribution in [0.25, 0.3) is 0 Å². The summed E-state index contributed by atoms with van der Waals surface area (Å²) in [4.78, 5) is 0. The van der Waals surface area contributed by atoms with Gasteiger partial charge in [0.25, 0.3) is 0 Å². The van der Waals surface area contributed by atoms with E-state index in [1.807, 2.05) is 0 Å². The first-order valence-corrected chi connectivity index (χ1v) is 11.2. The van der Waals surface area contributed by atoms with E-state index in [2.05, 4.69) is 46.8 Å². The maximum Gasteiger partial charge on any atom is 0.123 e. The van der Waals surface area contributed by atoms with Crippen molar-refractivity contribution in [2.75, 3.05) is 13.2 Å². The Bertz CT molecular complexity index is 653. The van der Waals surface area contributed by atoms with Crippen LogP contribution < -0.4 is 4.74 Å². The Hall–Kier alpha value is -1.02. The molecule has 152 valence electrons. The molecule has 1 aromatic carbocycles. The number of benzene rings is 1. The highest BCUT2D eigenvalue weighted by molar-refractivity contribution is 5.54. The summed E-state index contributed by atoms with van der Waals surface area (Å²) in [6.07, 6.45) is 10.9. The number of fused-ring (bicyclic) bond motifs is 1. The lowest BCUT2D eigenvalue weighted by molar-refractivity contribution is 0.244. The number of aliphatic hydroxyl groups excluding tert-OH is 1. The molecule has 0 aliphatic heterocycles. The van der Waals surface area contributed by atoms with Gasteiger partial charge >= 0.3 is 0 Å². The van der Waals surface area contributed by atoms with Gasteiger partial charge in [-0.3, -0.25) is 0 Å². The fraction of sp³-hybridized carbons (Fsp3) is 0.760. The van der Waals surface area contributed by atoms with Crippen molar-refractivity contribution in [1.29, 1.82) is 0 Å². The fourth-order valence-corrected chi connectivity index (χ4v) is 4.68. The zero-order valence-corrected chi connectivity index (χ0v) is 18.3. The normalized spacial score (nSPS) is 21.6. The van der Waals surface area contributed by atoms with E-state index in [9.17, 15) is 5.11 Å². The summed E-state index contributed by atoms with van der Waals surface area (Å²) in [5.41, 5.74) is 4.54.